The molecule has 0 spiro atoms. The lowest BCUT2D eigenvalue weighted by molar-refractivity contribution is 1.17. The van der Waals surface area contributed by atoms with Crippen molar-refractivity contribution in [3.8, 4) is 0 Å². The highest BCUT2D eigenvalue weighted by atomic mass is 32.2. The Balaban J connectivity index is 2.79. The molecule has 0 fully saturated rings. The van der Waals surface area contributed by atoms with Gasteiger partial charge in [0.15, 0.2) is 0 Å². The first-order valence-corrected chi connectivity index (χ1v) is 4.13. The Morgan fingerprint density at radius 1 is 1.60 bits per heavy atom. The number of thioether (sulfide) groups is 1. The second-order valence-corrected chi connectivity index (χ2v) is 3.16. The fourth-order valence-corrected chi connectivity index (χ4v) is 1.29. The van der Waals surface area contributed by atoms with Crippen molar-refractivity contribution in [3.05, 3.63) is 28.7 Å². The zero-order chi connectivity index (χ0) is 7.40. The van der Waals surface area contributed by atoms with Gasteiger partial charge in [-0.2, -0.15) is 0 Å². The van der Waals surface area contributed by atoms with Crippen LogP contribution in [0.2, 0.25) is 0 Å². The highest BCUT2D eigenvalue weighted by molar-refractivity contribution is 7.99. The van der Waals surface area contributed by atoms with E-state index >= 15 is 0 Å². The molecule has 0 radical (unpaired) electrons. The molecule has 1 aromatic heterocycles. The third kappa shape index (κ3) is 1.92. The molecule has 0 atom stereocenters. The van der Waals surface area contributed by atoms with Crippen LogP contribution in [0.4, 0.5) is 0 Å². The molecule has 10 heavy (non-hydrogen) atoms. The summed E-state index contributed by atoms with van der Waals surface area (Å²) in [7, 11) is 0. The zero-order valence-corrected chi connectivity index (χ0v) is 6.57. The zero-order valence-electron chi connectivity index (χ0n) is 5.76. The predicted octanol–water partition coefficient (Wildman–Crippen LogP) is 1.49. The summed E-state index contributed by atoms with van der Waals surface area (Å²) in [5, 5.41) is 0. The Kier molecular flexibility index (Phi) is 2.57. The molecule has 54 valence electrons. The topological polar surface area (TPSA) is 32.9 Å². The molecule has 0 unspecified atom stereocenters. The van der Waals surface area contributed by atoms with E-state index in [4.69, 9.17) is 0 Å². The Hall–Kier alpha value is -0.700. The van der Waals surface area contributed by atoms with Crippen molar-refractivity contribution in [1.82, 2.24) is 4.98 Å². The van der Waals surface area contributed by atoms with E-state index in [0.717, 1.165) is 10.6 Å². The molecule has 1 aromatic rings. The van der Waals surface area contributed by atoms with Gasteiger partial charge in [-0.25, -0.2) is 0 Å². The lowest BCUT2D eigenvalue weighted by atomic mass is 10.5. The summed E-state index contributed by atoms with van der Waals surface area (Å²) in [5.41, 5.74) is -0.0412. The van der Waals surface area contributed by atoms with E-state index in [1.807, 2.05) is 6.07 Å². The molecule has 0 aliphatic carbocycles. The average Bonchev–Trinajstić information content (AvgIpc) is 1.95. The van der Waals surface area contributed by atoms with Gasteiger partial charge < -0.3 is 4.98 Å². The number of rotatable bonds is 2. The molecule has 0 aliphatic rings. The number of aromatic amines is 1. The summed E-state index contributed by atoms with van der Waals surface area (Å²) in [6.07, 6.45) is 1.73. The van der Waals surface area contributed by atoms with E-state index in [9.17, 15) is 4.79 Å². The van der Waals surface area contributed by atoms with E-state index in [0.29, 0.717) is 0 Å². The van der Waals surface area contributed by atoms with E-state index in [2.05, 4.69) is 11.9 Å². The Morgan fingerprint density at radius 3 is 2.90 bits per heavy atom. The van der Waals surface area contributed by atoms with E-state index in [1.165, 1.54) is 6.07 Å². The molecular formula is C7H9NOS. The maximum Gasteiger partial charge on any atom is 0.247 e. The summed E-state index contributed by atoms with van der Waals surface area (Å²) in [6.45, 7) is 2.08. The fourth-order valence-electron chi connectivity index (χ4n) is 0.653. The second-order valence-electron chi connectivity index (χ2n) is 1.82. The SMILES string of the molecule is CCSc1ccc(=O)[nH]c1. The molecule has 1 heterocycles. The number of hydrogen-bond donors (Lipinski definition) is 1. The first kappa shape index (κ1) is 7.41. The van der Waals surface area contributed by atoms with Crippen LogP contribution < -0.4 is 5.56 Å². The summed E-state index contributed by atoms with van der Waals surface area (Å²) < 4.78 is 0. The van der Waals surface area contributed by atoms with Gasteiger partial charge in [-0.1, -0.05) is 6.92 Å². The van der Waals surface area contributed by atoms with Gasteiger partial charge in [0.2, 0.25) is 5.56 Å². The van der Waals surface area contributed by atoms with Gasteiger partial charge >= 0.3 is 0 Å². The molecule has 0 aromatic carbocycles. The lowest BCUT2D eigenvalue weighted by Gasteiger charge is -1.93. The summed E-state index contributed by atoms with van der Waals surface area (Å²) in [4.78, 5) is 14.3. The van der Waals surface area contributed by atoms with E-state index < -0.39 is 0 Å². The normalized spacial score (nSPS) is 9.70. The van der Waals surface area contributed by atoms with Crippen LogP contribution in [0.5, 0.6) is 0 Å². The largest absolute Gasteiger partial charge is 0.328 e. The van der Waals surface area contributed by atoms with Crippen LogP contribution in [-0.4, -0.2) is 10.7 Å². The Labute approximate surface area is 63.7 Å². The van der Waals surface area contributed by atoms with Crippen LogP contribution in [0.3, 0.4) is 0 Å². The quantitative estimate of drug-likeness (QED) is 0.656. The lowest BCUT2D eigenvalue weighted by Crippen LogP contribution is -2.00. The molecule has 1 N–H and O–H groups in total. The van der Waals surface area contributed by atoms with E-state index in [1.54, 1.807) is 18.0 Å². The highest BCUT2D eigenvalue weighted by Crippen LogP contribution is 2.13. The van der Waals surface area contributed by atoms with Crippen LogP contribution in [0.1, 0.15) is 6.92 Å². The number of H-pyrrole nitrogens is 1. The van der Waals surface area contributed by atoms with Crippen LogP contribution in [0.25, 0.3) is 0 Å². The maximum atomic E-state index is 10.6. The maximum absolute atomic E-state index is 10.6. The number of hydrogen-bond acceptors (Lipinski definition) is 2. The van der Waals surface area contributed by atoms with Crippen LogP contribution in [0, 0.1) is 0 Å². The van der Waals surface area contributed by atoms with Crippen molar-refractivity contribution >= 4 is 11.8 Å². The summed E-state index contributed by atoms with van der Waals surface area (Å²) in [6, 6.07) is 3.37. The molecule has 2 nitrogen and oxygen atoms in total. The van der Waals surface area contributed by atoms with Gasteiger partial charge in [-0.15, -0.1) is 11.8 Å². The smallest absolute Gasteiger partial charge is 0.247 e. The molecular weight excluding hydrogens is 146 g/mol. The minimum atomic E-state index is -0.0412. The minimum Gasteiger partial charge on any atom is -0.328 e. The van der Waals surface area contributed by atoms with Crippen molar-refractivity contribution in [2.75, 3.05) is 5.75 Å². The molecule has 0 saturated carbocycles. The Bertz CT molecular complexity index is 236. The molecule has 1 rings (SSSR count). The first-order chi connectivity index (χ1) is 4.83. The van der Waals surface area contributed by atoms with Gasteiger partial charge in [0, 0.05) is 17.2 Å². The fraction of sp³-hybridized carbons (Fsp3) is 0.286. The standard InChI is InChI=1S/C7H9NOS/c1-2-10-6-3-4-7(9)8-5-6/h3-5H,2H2,1H3,(H,8,9). The van der Waals surface area contributed by atoms with Crippen molar-refractivity contribution in [1.29, 1.82) is 0 Å². The third-order valence-corrected chi connectivity index (χ3v) is 1.94. The van der Waals surface area contributed by atoms with Crippen molar-refractivity contribution in [2.45, 2.75) is 11.8 Å². The van der Waals surface area contributed by atoms with Gasteiger partial charge in [0.05, 0.1) is 0 Å². The minimum absolute atomic E-state index is 0.0412. The molecule has 0 amide bonds. The number of aromatic nitrogens is 1. The van der Waals surface area contributed by atoms with Gasteiger partial charge in [0.1, 0.15) is 0 Å². The molecule has 0 bridgehead atoms. The van der Waals surface area contributed by atoms with Crippen molar-refractivity contribution in [3.63, 3.8) is 0 Å². The highest BCUT2D eigenvalue weighted by Gasteiger charge is 1.88. The number of nitrogens with one attached hydrogen (secondary N) is 1. The summed E-state index contributed by atoms with van der Waals surface area (Å²) in [5.74, 6) is 1.03. The molecule has 3 heteroatoms. The average molecular weight is 155 g/mol. The first-order valence-electron chi connectivity index (χ1n) is 3.14. The van der Waals surface area contributed by atoms with Gasteiger partial charge in [-0.05, 0) is 11.8 Å². The number of pyridine rings is 1. The van der Waals surface area contributed by atoms with Gasteiger partial charge in [-0.3, -0.25) is 4.79 Å². The summed E-state index contributed by atoms with van der Waals surface area (Å²) >= 11 is 1.71. The van der Waals surface area contributed by atoms with E-state index in [-0.39, 0.29) is 5.56 Å². The monoisotopic (exact) mass is 155 g/mol. The molecule has 0 aliphatic heterocycles. The molecule has 0 saturated heterocycles. The van der Waals surface area contributed by atoms with Crippen molar-refractivity contribution in [2.24, 2.45) is 0 Å². The van der Waals surface area contributed by atoms with Crippen LogP contribution in [-0.2, 0) is 0 Å². The second kappa shape index (κ2) is 3.46. The van der Waals surface area contributed by atoms with Crippen LogP contribution in [0.15, 0.2) is 28.0 Å². The van der Waals surface area contributed by atoms with Crippen LogP contribution >= 0.6 is 11.8 Å². The van der Waals surface area contributed by atoms with Crippen molar-refractivity contribution < 1.29 is 0 Å². The predicted molar refractivity (Wildman–Crippen MR) is 43.5 cm³/mol. The van der Waals surface area contributed by atoms with Gasteiger partial charge in [0.25, 0.3) is 0 Å². The third-order valence-electron chi connectivity index (χ3n) is 1.07. The Morgan fingerprint density at radius 2 is 2.40 bits per heavy atom.